The minimum atomic E-state index is -0.825. The topological polar surface area (TPSA) is 98.3 Å². The predicted octanol–water partition coefficient (Wildman–Crippen LogP) is 2.05. The number of nitrogens with one attached hydrogen (secondary N) is 1. The first kappa shape index (κ1) is 15.0. The van der Waals surface area contributed by atoms with Crippen molar-refractivity contribution in [1.82, 2.24) is 0 Å². The number of benzene rings is 1. The van der Waals surface area contributed by atoms with Crippen LogP contribution < -0.4 is 11.1 Å². The maximum Gasteiger partial charge on any atom is 0.295 e. The standard InChI is InChI=1S/C12H16FN3O3/c1-8(4-3-7-14)12(17)15-11-9(13)5-2-6-10(11)16(18)19/h2,5-6,8H,3-4,7,14H2,1H3,(H,15,17). The fourth-order valence-corrected chi connectivity index (χ4v) is 1.59. The smallest absolute Gasteiger partial charge is 0.295 e. The zero-order chi connectivity index (χ0) is 14.4. The van der Waals surface area contributed by atoms with Gasteiger partial charge in [-0.05, 0) is 25.5 Å². The van der Waals surface area contributed by atoms with Crippen molar-refractivity contribution >= 4 is 17.3 Å². The number of amides is 1. The first-order valence-corrected chi connectivity index (χ1v) is 5.91. The van der Waals surface area contributed by atoms with Gasteiger partial charge < -0.3 is 11.1 Å². The summed E-state index contributed by atoms with van der Waals surface area (Å²) >= 11 is 0. The molecule has 0 fully saturated rings. The molecule has 1 aromatic carbocycles. The van der Waals surface area contributed by atoms with Gasteiger partial charge in [-0.15, -0.1) is 0 Å². The maximum absolute atomic E-state index is 13.5. The van der Waals surface area contributed by atoms with E-state index in [1.807, 2.05) is 0 Å². The van der Waals surface area contributed by atoms with Gasteiger partial charge in [-0.3, -0.25) is 14.9 Å². The van der Waals surface area contributed by atoms with Crippen molar-refractivity contribution in [2.75, 3.05) is 11.9 Å². The van der Waals surface area contributed by atoms with Crippen molar-refractivity contribution in [1.29, 1.82) is 0 Å². The molecular weight excluding hydrogens is 253 g/mol. The van der Waals surface area contributed by atoms with Crippen LogP contribution in [0.3, 0.4) is 0 Å². The van der Waals surface area contributed by atoms with Crippen LogP contribution in [0, 0.1) is 21.8 Å². The Kier molecular flexibility index (Phi) is 5.37. The van der Waals surface area contributed by atoms with Crippen LogP contribution in [0.5, 0.6) is 0 Å². The Labute approximate surface area is 109 Å². The predicted molar refractivity (Wildman–Crippen MR) is 69.1 cm³/mol. The lowest BCUT2D eigenvalue weighted by Gasteiger charge is -2.12. The number of hydrogen-bond acceptors (Lipinski definition) is 4. The van der Waals surface area contributed by atoms with Crippen molar-refractivity contribution in [3.05, 3.63) is 34.1 Å². The number of carbonyl (C=O) groups is 1. The van der Waals surface area contributed by atoms with Crippen molar-refractivity contribution in [2.45, 2.75) is 19.8 Å². The molecule has 0 aromatic heterocycles. The molecule has 0 aliphatic carbocycles. The van der Waals surface area contributed by atoms with Gasteiger partial charge in [0.1, 0.15) is 0 Å². The van der Waals surface area contributed by atoms with Crippen LogP contribution in [0.1, 0.15) is 19.8 Å². The van der Waals surface area contributed by atoms with E-state index in [0.717, 1.165) is 12.1 Å². The van der Waals surface area contributed by atoms with Gasteiger partial charge in [-0.2, -0.15) is 0 Å². The van der Waals surface area contributed by atoms with E-state index in [0.29, 0.717) is 19.4 Å². The summed E-state index contributed by atoms with van der Waals surface area (Å²) in [5, 5.41) is 13.0. The Bertz CT molecular complexity index is 479. The quantitative estimate of drug-likeness (QED) is 0.610. The van der Waals surface area contributed by atoms with E-state index in [-0.39, 0.29) is 5.92 Å². The highest BCUT2D eigenvalue weighted by Gasteiger charge is 2.22. The molecule has 0 saturated carbocycles. The minimum absolute atomic E-state index is 0.386. The van der Waals surface area contributed by atoms with E-state index < -0.39 is 28.0 Å². The summed E-state index contributed by atoms with van der Waals surface area (Å²) < 4.78 is 13.5. The van der Waals surface area contributed by atoms with Crippen molar-refractivity contribution < 1.29 is 14.1 Å². The molecule has 0 aliphatic heterocycles. The van der Waals surface area contributed by atoms with Crippen molar-refractivity contribution in [3.63, 3.8) is 0 Å². The Morgan fingerprint density at radius 3 is 2.84 bits per heavy atom. The number of anilines is 1. The summed E-state index contributed by atoms with van der Waals surface area (Å²) in [5.74, 6) is -1.67. The molecule has 19 heavy (non-hydrogen) atoms. The summed E-state index contributed by atoms with van der Waals surface area (Å²) in [7, 11) is 0. The molecule has 0 heterocycles. The fraction of sp³-hybridized carbons (Fsp3) is 0.417. The number of nitrogens with zero attached hydrogens (tertiary/aromatic N) is 1. The molecule has 0 spiro atoms. The molecule has 1 atom stereocenters. The third kappa shape index (κ3) is 3.99. The van der Waals surface area contributed by atoms with Crippen LogP contribution in [0.4, 0.5) is 15.8 Å². The minimum Gasteiger partial charge on any atom is -0.330 e. The number of rotatable bonds is 6. The van der Waals surface area contributed by atoms with Gasteiger partial charge in [0.05, 0.1) is 4.92 Å². The number of nitro groups is 1. The molecule has 0 aliphatic rings. The van der Waals surface area contributed by atoms with Gasteiger partial charge in [-0.25, -0.2) is 4.39 Å². The molecule has 1 aromatic rings. The fourth-order valence-electron chi connectivity index (χ4n) is 1.59. The molecule has 1 unspecified atom stereocenters. The van der Waals surface area contributed by atoms with E-state index >= 15 is 0 Å². The number of carbonyl (C=O) groups excluding carboxylic acids is 1. The van der Waals surface area contributed by atoms with Gasteiger partial charge in [0, 0.05) is 12.0 Å². The lowest BCUT2D eigenvalue weighted by atomic mass is 10.0. The van der Waals surface area contributed by atoms with Crippen LogP contribution in [0.15, 0.2) is 18.2 Å². The van der Waals surface area contributed by atoms with Crippen LogP contribution >= 0.6 is 0 Å². The van der Waals surface area contributed by atoms with E-state index in [1.165, 1.54) is 6.07 Å². The molecule has 0 bridgehead atoms. The van der Waals surface area contributed by atoms with Crippen molar-refractivity contribution in [2.24, 2.45) is 11.7 Å². The molecule has 6 nitrogen and oxygen atoms in total. The Balaban J connectivity index is 2.87. The highest BCUT2D eigenvalue weighted by molar-refractivity contribution is 5.94. The van der Waals surface area contributed by atoms with E-state index in [9.17, 15) is 19.3 Å². The first-order valence-electron chi connectivity index (χ1n) is 5.91. The van der Waals surface area contributed by atoms with Crippen LogP contribution in [0.2, 0.25) is 0 Å². The summed E-state index contributed by atoms with van der Waals surface area (Å²) in [6.07, 6.45) is 1.21. The summed E-state index contributed by atoms with van der Waals surface area (Å²) in [5.41, 5.74) is 4.49. The molecule has 104 valence electrons. The lowest BCUT2D eigenvalue weighted by Crippen LogP contribution is -2.22. The second-order valence-corrected chi connectivity index (χ2v) is 4.21. The van der Waals surface area contributed by atoms with E-state index in [4.69, 9.17) is 5.73 Å². The van der Waals surface area contributed by atoms with Crippen LogP contribution in [0.25, 0.3) is 0 Å². The molecule has 0 radical (unpaired) electrons. The average Bonchev–Trinajstić information content (AvgIpc) is 2.37. The zero-order valence-electron chi connectivity index (χ0n) is 10.6. The number of hydrogen-bond donors (Lipinski definition) is 2. The van der Waals surface area contributed by atoms with Gasteiger partial charge in [0.2, 0.25) is 5.91 Å². The molecule has 0 saturated heterocycles. The zero-order valence-corrected chi connectivity index (χ0v) is 10.6. The van der Waals surface area contributed by atoms with E-state index in [2.05, 4.69) is 5.32 Å². The Morgan fingerprint density at radius 2 is 2.26 bits per heavy atom. The monoisotopic (exact) mass is 269 g/mol. The van der Waals surface area contributed by atoms with Gasteiger partial charge in [0.15, 0.2) is 11.5 Å². The van der Waals surface area contributed by atoms with Crippen LogP contribution in [-0.2, 0) is 4.79 Å². The molecule has 1 amide bonds. The Morgan fingerprint density at radius 1 is 1.58 bits per heavy atom. The maximum atomic E-state index is 13.5. The van der Waals surface area contributed by atoms with E-state index in [1.54, 1.807) is 6.92 Å². The highest BCUT2D eigenvalue weighted by atomic mass is 19.1. The average molecular weight is 269 g/mol. The molecule has 3 N–H and O–H groups in total. The third-order valence-electron chi connectivity index (χ3n) is 2.73. The number of nitro benzene ring substituents is 1. The first-order chi connectivity index (χ1) is 8.97. The summed E-state index contributed by atoms with van der Waals surface area (Å²) in [6.45, 7) is 2.12. The van der Waals surface area contributed by atoms with Gasteiger partial charge in [-0.1, -0.05) is 13.0 Å². The largest absolute Gasteiger partial charge is 0.330 e. The van der Waals surface area contributed by atoms with Crippen LogP contribution in [-0.4, -0.2) is 17.4 Å². The second kappa shape index (κ2) is 6.79. The van der Waals surface area contributed by atoms with Gasteiger partial charge in [0.25, 0.3) is 5.69 Å². The number of nitrogens with two attached hydrogens (primary N) is 1. The summed E-state index contributed by atoms with van der Waals surface area (Å²) in [4.78, 5) is 21.8. The SMILES string of the molecule is CC(CCCN)C(=O)Nc1c(F)cccc1[N+](=O)[O-]. The normalized spacial score (nSPS) is 11.9. The van der Waals surface area contributed by atoms with Crippen molar-refractivity contribution in [3.8, 4) is 0 Å². The Hall–Kier alpha value is -2.02. The number of para-hydroxylation sites is 1. The summed E-state index contributed by atoms with van der Waals surface area (Å²) in [6, 6.07) is 3.43. The third-order valence-corrected chi connectivity index (χ3v) is 2.73. The number of halogens is 1. The molecular formula is C12H16FN3O3. The molecule has 7 heteroatoms. The highest BCUT2D eigenvalue weighted by Crippen LogP contribution is 2.27. The van der Waals surface area contributed by atoms with Gasteiger partial charge >= 0.3 is 0 Å². The molecule has 1 rings (SSSR count). The second-order valence-electron chi connectivity index (χ2n) is 4.21. The lowest BCUT2D eigenvalue weighted by molar-refractivity contribution is -0.384.